The van der Waals surface area contributed by atoms with Gasteiger partial charge in [-0.2, -0.15) is 0 Å². The zero-order valence-electron chi connectivity index (χ0n) is 10.1. The molecule has 0 saturated heterocycles. The molecular formula is C11H25O2Si. The van der Waals surface area contributed by atoms with Gasteiger partial charge in [-0.3, -0.25) is 0 Å². The first-order chi connectivity index (χ1) is 6.74. The van der Waals surface area contributed by atoms with Crippen LogP contribution in [0, 0.1) is 0 Å². The zero-order valence-corrected chi connectivity index (χ0v) is 11.1. The Kier molecular flexibility index (Phi) is 9.78. The van der Waals surface area contributed by atoms with Crippen molar-refractivity contribution in [1.82, 2.24) is 0 Å². The maximum Gasteiger partial charge on any atom is 0.381 e. The zero-order chi connectivity index (χ0) is 10.8. The van der Waals surface area contributed by atoms with Gasteiger partial charge in [0, 0.05) is 13.2 Å². The average Bonchev–Trinajstić information content (AvgIpc) is 2.21. The first-order valence-electron chi connectivity index (χ1n) is 5.78. The monoisotopic (exact) mass is 217 g/mol. The minimum absolute atomic E-state index is 0.439. The highest BCUT2D eigenvalue weighted by atomic mass is 28.3. The topological polar surface area (TPSA) is 18.5 Å². The molecule has 0 bridgehead atoms. The van der Waals surface area contributed by atoms with Crippen molar-refractivity contribution in [2.75, 3.05) is 7.11 Å². The summed E-state index contributed by atoms with van der Waals surface area (Å²) in [6.07, 6.45) is 7.88. The summed E-state index contributed by atoms with van der Waals surface area (Å²) in [6, 6.07) is 0. The molecule has 0 saturated carbocycles. The summed E-state index contributed by atoms with van der Waals surface area (Å²) in [5, 5.41) is 0. The standard InChI is InChI=1S/C11H25O2Si/c1-5-7-9-11(10-8-6-2)13-14(4)12-3/h11H,5-10H2,1-4H3. The Hall–Kier alpha value is 0.137. The van der Waals surface area contributed by atoms with Crippen LogP contribution in [0.4, 0.5) is 0 Å². The molecule has 0 rings (SSSR count). The second-order valence-corrected chi connectivity index (χ2v) is 5.35. The van der Waals surface area contributed by atoms with Crippen LogP contribution in [0.5, 0.6) is 0 Å². The molecule has 0 amide bonds. The lowest BCUT2D eigenvalue weighted by Crippen LogP contribution is -2.25. The predicted octanol–water partition coefficient (Wildman–Crippen LogP) is 3.52. The summed E-state index contributed by atoms with van der Waals surface area (Å²) in [5.41, 5.74) is 0. The van der Waals surface area contributed by atoms with E-state index in [2.05, 4.69) is 20.4 Å². The quantitative estimate of drug-likeness (QED) is 0.550. The minimum Gasteiger partial charge on any atom is -0.397 e. The Balaban J connectivity index is 3.71. The molecule has 1 radical (unpaired) electrons. The van der Waals surface area contributed by atoms with Crippen LogP contribution in [0.1, 0.15) is 52.4 Å². The minimum atomic E-state index is -0.988. The first kappa shape index (κ1) is 14.1. The summed E-state index contributed by atoms with van der Waals surface area (Å²) in [4.78, 5) is 0. The van der Waals surface area contributed by atoms with Crippen molar-refractivity contribution in [3.8, 4) is 0 Å². The Morgan fingerprint density at radius 2 is 1.57 bits per heavy atom. The van der Waals surface area contributed by atoms with Crippen molar-refractivity contribution in [2.24, 2.45) is 0 Å². The largest absolute Gasteiger partial charge is 0.397 e. The molecule has 14 heavy (non-hydrogen) atoms. The molecule has 3 heteroatoms. The van der Waals surface area contributed by atoms with Crippen molar-refractivity contribution >= 4 is 9.28 Å². The Labute approximate surface area is 90.8 Å². The smallest absolute Gasteiger partial charge is 0.381 e. The van der Waals surface area contributed by atoms with Gasteiger partial charge in [-0.15, -0.1) is 0 Å². The molecule has 0 aromatic rings. The molecule has 0 aliphatic heterocycles. The maximum absolute atomic E-state index is 5.88. The Bertz CT molecular complexity index is 112. The number of hydrogen-bond donors (Lipinski definition) is 0. The van der Waals surface area contributed by atoms with E-state index in [9.17, 15) is 0 Å². The fourth-order valence-electron chi connectivity index (χ4n) is 1.41. The molecule has 0 aliphatic carbocycles. The van der Waals surface area contributed by atoms with Crippen LogP contribution >= 0.6 is 0 Å². The van der Waals surface area contributed by atoms with Crippen LogP contribution in [0.25, 0.3) is 0 Å². The van der Waals surface area contributed by atoms with Gasteiger partial charge in [-0.25, -0.2) is 0 Å². The van der Waals surface area contributed by atoms with E-state index >= 15 is 0 Å². The molecule has 0 atom stereocenters. The van der Waals surface area contributed by atoms with Gasteiger partial charge < -0.3 is 8.85 Å². The van der Waals surface area contributed by atoms with Crippen LogP contribution in [-0.2, 0) is 8.85 Å². The summed E-state index contributed by atoms with van der Waals surface area (Å²) in [7, 11) is 0.753. The number of unbranched alkanes of at least 4 members (excludes halogenated alkanes) is 2. The van der Waals surface area contributed by atoms with Crippen LogP contribution in [0.2, 0.25) is 6.55 Å². The highest BCUT2D eigenvalue weighted by Gasteiger charge is 2.14. The van der Waals surface area contributed by atoms with E-state index in [1.54, 1.807) is 7.11 Å². The maximum atomic E-state index is 5.88. The third kappa shape index (κ3) is 7.53. The molecule has 0 aliphatic rings. The van der Waals surface area contributed by atoms with Crippen LogP contribution in [-0.4, -0.2) is 22.5 Å². The molecule has 2 nitrogen and oxygen atoms in total. The van der Waals surface area contributed by atoms with Crippen molar-refractivity contribution < 1.29 is 8.85 Å². The van der Waals surface area contributed by atoms with Crippen LogP contribution < -0.4 is 0 Å². The van der Waals surface area contributed by atoms with E-state index in [1.807, 2.05) is 0 Å². The summed E-state index contributed by atoms with van der Waals surface area (Å²) >= 11 is 0. The summed E-state index contributed by atoms with van der Waals surface area (Å²) in [5.74, 6) is 0. The van der Waals surface area contributed by atoms with Gasteiger partial charge in [0.25, 0.3) is 0 Å². The molecular weight excluding hydrogens is 192 g/mol. The molecule has 0 aromatic carbocycles. The third-order valence-corrected chi connectivity index (χ3v) is 3.62. The van der Waals surface area contributed by atoms with Gasteiger partial charge in [-0.05, 0) is 19.4 Å². The highest BCUT2D eigenvalue weighted by Crippen LogP contribution is 2.13. The molecule has 0 aromatic heterocycles. The SMILES string of the molecule is CCCCC(CCCC)O[Si](C)OC. The molecule has 0 unspecified atom stereocenters. The number of hydrogen-bond acceptors (Lipinski definition) is 2. The van der Waals surface area contributed by atoms with Gasteiger partial charge in [0.15, 0.2) is 0 Å². The van der Waals surface area contributed by atoms with Crippen molar-refractivity contribution in [2.45, 2.75) is 65.0 Å². The number of rotatable bonds is 9. The van der Waals surface area contributed by atoms with E-state index in [0.29, 0.717) is 6.10 Å². The van der Waals surface area contributed by atoms with Crippen LogP contribution in [0.15, 0.2) is 0 Å². The van der Waals surface area contributed by atoms with Crippen molar-refractivity contribution in [3.05, 3.63) is 0 Å². The van der Waals surface area contributed by atoms with E-state index in [0.717, 1.165) is 0 Å². The average molecular weight is 217 g/mol. The lowest BCUT2D eigenvalue weighted by atomic mass is 10.1. The van der Waals surface area contributed by atoms with E-state index in [1.165, 1.54) is 38.5 Å². The normalized spacial score (nSPS) is 11.6. The van der Waals surface area contributed by atoms with Gasteiger partial charge in [0.05, 0.1) is 0 Å². The van der Waals surface area contributed by atoms with E-state index in [4.69, 9.17) is 8.85 Å². The van der Waals surface area contributed by atoms with Gasteiger partial charge in [0.2, 0.25) is 0 Å². The van der Waals surface area contributed by atoms with Crippen molar-refractivity contribution in [1.29, 1.82) is 0 Å². The molecule has 0 spiro atoms. The molecule has 0 N–H and O–H groups in total. The highest BCUT2D eigenvalue weighted by molar-refractivity contribution is 6.42. The lowest BCUT2D eigenvalue weighted by Gasteiger charge is -2.19. The van der Waals surface area contributed by atoms with Gasteiger partial charge >= 0.3 is 9.28 Å². The Morgan fingerprint density at radius 1 is 1.07 bits per heavy atom. The van der Waals surface area contributed by atoms with Crippen molar-refractivity contribution in [3.63, 3.8) is 0 Å². The summed E-state index contributed by atoms with van der Waals surface area (Å²) < 4.78 is 11.1. The molecule has 85 valence electrons. The molecule has 0 heterocycles. The lowest BCUT2D eigenvalue weighted by molar-refractivity contribution is 0.134. The second-order valence-electron chi connectivity index (χ2n) is 3.72. The predicted molar refractivity (Wildman–Crippen MR) is 62.6 cm³/mol. The Morgan fingerprint density at radius 3 is 1.93 bits per heavy atom. The fraction of sp³-hybridized carbons (Fsp3) is 1.00. The van der Waals surface area contributed by atoms with Crippen LogP contribution in [0.3, 0.4) is 0 Å². The summed E-state index contributed by atoms with van der Waals surface area (Å²) in [6.45, 7) is 6.52. The third-order valence-electron chi connectivity index (χ3n) is 2.38. The first-order valence-corrected chi connectivity index (χ1v) is 7.60. The van der Waals surface area contributed by atoms with E-state index < -0.39 is 9.28 Å². The van der Waals surface area contributed by atoms with E-state index in [-0.39, 0.29) is 0 Å². The van der Waals surface area contributed by atoms with Gasteiger partial charge in [-0.1, -0.05) is 39.5 Å². The molecule has 0 fully saturated rings. The second kappa shape index (κ2) is 9.68. The van der Waals surface area contributed by atoms with Gasteiger partial charge in [0.1, 0.15) is 0 Å². The fourth-order valence-corrected chi connectivity index (χ4v) is 2.21.